The summed E-state index contributed by atoms with van der Waals surface area (Å²) in [5.74, 6) is -0.759. The van der Waals surface area contributed by atoms with Crippen molar-refractivity contribution in [2.24, 2.45) is 0 Å². The Morgan fingerprint density at radius 2 is 1.11 bits per heavy atom. The Balaban J connectivity index is 2.06. The lowest BCUT2D eigenvalue weighted by atomic mass is 10.2. The molecule has 0 heterocycles. The van der Waals surface area contributed by atoms with Crippen LogP contribution < -0.4 is 0 Å². The monoisotopic (exact) mass is 380 g/mol. The van der Waals surface area contributed by atoms with Crippen LogP contribution in [0.25, 0.3) is 0 Å². The van der Waals surface area contributed by atoms with Crippen molar-refractivity contribution in [3.05, 3.63) is 97.1 Å². The van der Waals surface area contributed by atoms with Gasteiger partial charge in [-0.2, -0.15) is 0 Å². The summed E-state index contributed by atoms with van der Waals surface area (Å²) in [6, 6.07) is 19.0. The van der Waals surface area contributed by atoms with Crippen LogP contribution in [0.15, 0.2) is 86.0 Å². The third-order valence-electron chi connectivity index (χ3n) is 4.19. The maximum Gasteiger partial charge on any atom is 0.337 e. The molecule has 0 aromatic heterocycles. The van der Waals surface area contributed by atoms with Gasteiger partial charge >= 0.3 is 11.9 Å². The molecule has 0 radical (unpaired) electrons. The number of allylic oxidation sites excluding steroid dienone is 2. The van der Waals surface area contributed by atoms with Crippen molar-refractivity contribution in [2.75, 3.05) is 12.5 Å². The van der Waals surface area contributed by atoms with Gasteiger partial charge in [0.2, 0.25) is 0 Å². The highest BCUT2D eigenvalue weighted by Gasteiger charge is 2.35. The second kappa shape index (κ2) is 10.3. The van der Waals surface area contributed by atoms with E-state index < -0.39 is 8.07 Å². The lowest BCUT2D eigenvalue weighted by Gasteiger charge is -2.28. The molecule has 4 nitrogen and oxygen atoms in total. The number of hydrogen-bond donors (Lipinski definition) is 0. The minimum atomic E-state index is -2.31. The molecular formula is C22H24O4Si. The highest BCUT2D eigenvalue weighted by Crippen LogP contribution is 2.20. The topological polar surface area (TPSA) is 52.6 Å². The maximum absolute atomic E-state index is 12.3. The maximum atomic E-state index is 12.3. The van der Waals surface area contributed by atoms with Crippen molar-refractivity contribution in [3.8, 4) is 0 Å². The minimum absolute atomic E-state index is 0.237. The smallest absolute Gasteiger partial charge is 0.337 e. The van der Waals surface area contributed by atoms with Crippen molar-refractivity contribution >= 4 is 20.0 Å². The largest absolute Gasteiger partial charge is 0.466 e. The number of carbonyl (C=O) groups excluding carboxylic acids is 2. The van der Waals surface area contributed by atoms with Crippen LogP contribution in [0.5, 0.6) is 0 Å². The summed E-state index contributed by atoms with van der Waals surface area (Å²) in [7, 11) is -2.31. The summed E-state index contributed by atoms with van der Waals surface area (Å²) in [4.78, 5) is 24.6. The lowest BCUT2D eigenvalue weighted by Crippen LogP contribution is -2.46. The van der Waals surface area contributed by atoms with Gasteiger partial charge in [-0.3, -0.25) is 0 Å². The van der Waals surface area contributed by atoms with Crippen LogP contribution in [0.3, 0.4) is 0 Å². The zero-order chi connectivity index (χ0) is 19.5. The fourth-order valence-corrected chi connectivity index (χ4v) is 5.55. The molecule has 27 heavy (non-hydrogen) atoms. The Kier molecular flexibility index (Phi) is 7.76. The first-order valence-corrected chi connectivity index (χ1v) is 11.6. The molecule has 2 rings (SSSR count). The van der Waals surface area contributed by atoms with Crippen LogP contribution in [0, 0.1) is 0 Å². The van der Waals surface area contributed by atoms with Gasteiger partial charge in [0.25, 0.3) is 0 Å². The lowest BCUT2D eigenvalue weighted by molar-refractivity contribution is 0.0533. The van der Waals surface area contributed by atoms with Gasteiger partial charge in [0, 0.05) is 0 Å². The fourth-order valence-electron chi connectivity index (χ4n) is 2.73. The first kappa shape index (κ1) is 20.4. The van der Waals surface area contributed by atoms with Crippen LogP contribution in [-0.4, -0.2) is 32.5 Å². The summed E-state index contributed by atoms with van der Waals surface area (Å²) >= 11 is 0. The predicted molar refractivity (Wildman–Crippen MR) is 109 cm³/mol. The highest BCUT2D eigenvalue weighted by molar-refractivity contribution is 6.80. The van der Waals surface area contributed by atoms with Gasteiger partial charge in [0.1, 0.15) is 8.07 Å². The van der Waals surface area contributed by atoms with E-state index in [2.05, 4.69) is 13.2 Å². The Morgan fingerprint density at radius 3 is 1.44 bits per heavy atom. The number of ether oxygens (including phenoxy) is 2. The standard InChI is InChI=1S/C22H24O4Si/c1-3-15-27(16-4-2,17-25-21(23)19-11-7-5-8-12-19)18-26-22(24)20-13-9-6-10-14-20/h3-14H,1-2,15-18H2. The molecule has 140 valence electrons. The second-order valence-corrected chi connectivity index (χ2v) is 10.8. The van der Waals surface area contributed by atoms with Crippen LogP contribution in [0.1, 0.15) is 20.7 Å². The van der Waals surface area contributed by atoms with Gasteiger partial charge in [-0.25, -0.2) is 9.59 Å². The van der Waals surface area contributed by atoms with Crippen LogP contribution in [-0.2, 0) is 9.47 Å². The molecule has 0 saturated heterocycles. The Hall–Kier alpha value is -2.92. The van der Waals surface area contributed by atoms with Crippen LogP contribution in [0.2, 0.25) is 12.1 Å². The van der Waals surface area contributed by atoms with Crippen LogP contribution >= 0.6 is 0 Å². The molecule has 0 aliphatic heterocycles. The molecule has 0 saturated carbocycles. The van der Waals surface area contributed by atoms with Gasteiger partial charge in [-0.1, -0.05) is 48.6 Å². The van der Waals surface area contributed by atoms with Gasteiger partial charge in [0.05, 0.1) is 23.6 Å². The molecule has 0 aliphatic carbocycles. The SMILES string of the molecule is C=CC[Si](CC=C)(COC(=O)c1ccccc1)COC(=O)c1ccccc1. The second-order valence-electron chi connectivity index (χ2n) is 6.37. The average molecular weight is 381 g/mol. The van der Waals surface area contributed by atoms with E-state index in [0.29, 0.717) is 23.2 Å². The highest BCUT2D eigenvalue weighted by atomic mass is 28.3. The summed E-state index contributed by atoms with van der Waals surface area (Å²) in [5.41, 5.74) is 0.998. The van der Waals surface area contributed by atoms with E-state index in [4.69, 9.17) is 9.47 Å². The van der Waals surface area contributed by atoms with E-state index in [1.165, 1.54) is 0 Å². The zero-order valence-corrected chi connectivity index (χ0v) is 16.3. The number of benzene rings is 2. The molecular weight excluding hydrogens is 356 g/mol. The third-order valence-corrected chi connectivity index (χ3v) is 8.02. The molecule has 0 bridgehead atoms. The predicted octanol–water partition coefficient (Wildman–Crippen LogP) is 4.60. The minimum Gasteiger partial charge on any atom is -0.466 e. The first-order valence-electron chi connectivity index (χ1n) is 8.76. The summed E-state index contributed by atoms with van der Waals surface area (Å²) in [6.07, 6.45) is 4.06. The number of carbonyl (C=O) groups is 2. The molecule has 0 N–H and O–H groups in total. The van der Waals surface area contributed by atoms with E-state index in [1.807, 2.05) is 12.1 Å². The van der Waals surface area contributed by atoms with Crippen LogP contribution in [0.4, 0.5) is 0 Å². The summed E-state index contributed by atoms with van der Waals surface area (Å²) in [6.45, 7) is 7.64. The van der Waals surface area contributed by atoms with Gasteiger partial charge in [-0.15, -0.1) is 13.2 Å². The normalized spacial score (nSPS) is 10.7. The quantitative estimate of drug-likeness (QED) is 0.343. The van der Waals surface area contributed by atoms with Gasteiger partial charge in [-0.05, 0) is 36.4 Å². The Bertz CT molecular complexity index is 704. The van der Waals surface area contributed by atoms with Crippen molar-refractivity contribution in [1.82, 2.24) is 0 Å². The van der Waals surface area contributed by atoms with Crippen molar-refractivity contribution in [1.29, 1.82) is 0 Å². The molecule has 0 fully saturated rings. The number of rotatable bonds is 10. The molecule has 2 aromatic rings. The van der Waals surface area contributed by atoms with Gasteiger partial charge < -0.3 is 9.47 Å². The van der Waals surface area contributed by atoms with Crippen molar-refractivity contribution < 1.29 is 19.1 Å². The fraction of sp³-hybridized carbons (Fsp3) is 0.182. The van der Waals surface area contributed by atoms with E-state index in [-0.39, 0.29) is 24.4 Å². The van der Waals surface area contributed by atoms with E-state index >= 15 is 0 Å². The molecule has 0 spiro atoms. The van der Waals surface area contributed by atoms with E-state index in [0.717, 1.165) is 0 Å². The Labute approximate surface area is 161 Å². The molecule has 0 atom stereocenters. The number of esters is 2. The molecule has 0 unspecified atom stereocenters. The molecule has 2 aromatic carbocycles. The summed E-state index contributed by atoms with van der Waals surface area (Å²) in [5, 5.41) is 0. The molecule has 0 amide bonds. The zero-order valence-electron chi connectivity index (χ0n) is 15.3. The third kappa shape index (κ3) is 6.08. The molecule has 5 heteroatoms. The first-order chi connectivity index (χ1) is 13.1. The Morgan fingerprint density at radius 1 is 0.741 bits per heavy atom. The summed E-state index contributed by atoms with van der Waals surface area (Å²) < 4.78 is 11.1. The van der Waals surface area contributed by atoms with E-state index in [1.54, 1.807) is 60.7 Å². The number of hydrogen-bond acceptors (Lipinski definition) is 4. The average Bonchev–Trinajstić information content (AvgIpc) is 2.72. The van der Waals surface area contributed by atoms with E-state index in [9.17, 15) is 9.59 Å². The van der Waals surface area contributed by atoms with Gasteiger partial charge in [0.15, 0.2) is 0 Å². The molecule has 0 aliphatic rings. The van der Waals surface area contributed by atoms with Crippen molar-refractivity contribution in [3.63, 3.8) is 0 Å². The van der Waals surface area contributed by atoms with Crippen molar-refractivity contribution in [2.45, 2.75) is 12.1 Å².